The summed E-state index contributed by atoms with van der Waals surface area (Å²) in [5.41, 5.74) is 1.32. The molecule has 0 aromatic heterocycles. The molecule has 4 rings (SSSR count). The van der Waals surface area contributed by atoms with E-state index in [4.69, 9.17) is 0 Å². The van der Waals surface area contributed by atoms with Crippen LogP contribution in [0.25, 0.3) is 0 Å². The predicted molar refractivity (Wildman–Crippen MR) is 121 cm³/mol. The number of hydrogen-bond donors (Lipinski definition) is 1. The van der Waals surface area contributed by atoms with Crippen molar-refractivity contribution in [2.75, 3.05) is 19.6 Å². The topological polar surface area (TPSA) is 56.1 Å². The number of likely N-dealkylation sites (tertiary alicyclic amines) is 1. The second-order valence-electron chi connectivity index (χ2n) is 8.41. The number of hydrogen-bond acceptors (Lipinski definition) is 4. The number of amides is 1. The molecule has 1 aliphatic carbocycles. The summed E-state index contributed by atoms with van der Waals surface area (Å²) in [5, 5.41) is 12.6. The van der Waals surface area contributed by atoms with Crippen molar-refractivity contribution in [3.05, 3.63) is 59.7 Å². The molecule has 156 valence electrons. The Morgan fingerprint density at radius 1 is 1.00 bits per heavy atom. The van der Waals surface area contributed by atoms with Crippen molar-refractivity contribution < 1.29 is 4.79 Å². The number of nitriles is 1. The van der Waals surface area contributed by atoms with Crippen molar-refractivity contribution in [1.29, 1.82) is 5.26 Å². The molecule has 2 fully saturated rings. The monoisotopic (exact) mass is 419 g/mol. The third kappa shape index (κ3) is 5.24. The predicted octanol–water partition coefficient (Wildman–Crippen LogP) is 5.09. The van der Waals surface area contributed by atoms with Gasteiger partial charge in [0.05, 0.1) is 11.1 Å². The van der Waals surface area contributed by atoms with E-state index in [1.54, 1.807) is 0 Å². The first kappa shape index (κ1) is 21.0. The van der Waals surface area contributed by atoms with E-state index in [1.165, 1.54) is 44.0 Å². The van der Waals surface area contributed by atoms with Gasteiger partial charge >= 0.3 is 0 Å². The van der Waals surface area contributed by atoms with Crippen molar-refractivity contribution >= 4 is 17.7 Å². The minimum atomic E-state index is -0.0122. The van der Waals surface area contributed by atoms with Crippen LogP contribution >= 0.6 is 11.8 Å². The minimum absolute atomic E-state index is 0.0122. The lowest BCUT2D eigenvalue weighted by atomic mass is 10.0. The largest absolute Gasteiger partial charge is 0.349 e. The molecule has 1 saturated carbocycles. The molecule has 1 saturated heterocycles. The summed E-state index contributed by atoms with van der Waals surface area (Å²) < 4.78 is 0. The summed E-state index contributed by atoms with van der Waals surface area (Å²) in [4.78, 5) is 17.4. The van der Waals surface area contributed by atoms with Gasteiger partial charge < -0.3 is 10.2 Å². The molecule has 0 bridgehead atoms. The average Bonchev–Trinajstić information content (AvgIpc) is 3.29. The number of rotatable bonds is 6. The van der Waals surface area contributed by atoms with Gasteiger partial charge in [0.15, 0.2) is 0 Å². The Bertz CT molecular complexity index is 909. The number of nitrogens with zero attached hydrogens (tertiary/aromatic N) is 2. The summed E-state index contributed by atoms with van der Waals surface area (Å²) >= 11 is 1.48. The van der Waals surface area contributed by atoms with Gasteiger partial charge in [-0.3, -0.25) is 4.79 Å². The molecule has 5 heteroatoms. The number of piperidine rings is 1. The van der Waals surface area contributed by atoms with Crippen LogP contribution in [0.15, 0.2) is 58.3 Å². The highest BCUT2D eigenvalue weighted by atomic mass is 32.2. The van der Waals surface area contributed by atoms with Crippen LogP contribution in [0.1, 0.15) is 54.4 Å². The number of carbonyl (C=O) groups is 1. The third-order valence-corrected chi connectivity index (χ3v) is 7.42. The second kappa shape index (κ2) is 10.1. The van der Waals surface area contributed by atoms with E-state index in [9.17, 15) is 10.1 Å². The van der Waals surface area contributed by atoms with Crippen LogP contribution in [0.5, 0.6) is 0 Å². The van der Waals surface area contributed by atoms with Gasteiger partial charge in [0.2, 0.25) is 0 Å². The quantitative estimate of drug-likeness (QED) is 0.708. The second-order valence-corrected chi connectivity index (χ2v) is 9.49. The van der Waals surface area contributed by atoms with E-state index >= 15 is 0 Å². The van der Waals surface area contributed by atoms with Gasteiger partial charge in [-0.05, 0) is 55.9 Å². The van der Waals surface area contributed by atoms with E-state index < -0.39 is 0 Å². The Labute approximate surface area is 183 Å². The highest BCUT2D eigenvalue weighted by Gasteiger charge is 2.25. The molecule has 1 amide bonds. The molecule has 0 radical (unpaired) electrons. The van der Waals surface area contributed by atoms with Crippen LogP contribution in [0.4, 0.5) is 0 Å². The molecule has 2 aliphatic rings. The summed E-state index contributed by atoms with van der Waals surface area (Å²) in [6, 6.07) is 17.7. The van der Waals surface area contributed by atoms with Crippen molar-refractivity contribution in [1.82, 2.24) is 10.2 Å². The van der Waals surface area contributed by atoms with Crippen LogP contribution in [0.2, 0.25) is 0 Å². The van der Waals surface area contributed by atoms with Gasteiger partial charge in [-0.25, -0.2) is 0 Å². The molecule has 2 aromatic rings. The highest BCUT2D eigenvalue weighted by Crippen LogP contribution is 2.33. The van der Waals surface area contributed by atoms with Crippen molar-refractivity contribution in [2.45, 2.75) is 54.4 Å². The maximum atomic E-state index is 13.0. The maximum Gasteiger partial charge on any atom is 0.252 e. The van der Waals surface area contributed by atoms with E-state index in [0.717, 1.165) is 41.6 Å². The van der Waals surface area contributed by atoms with Gasteiger partial charge in [-0.15, -0.1) is 0 Å². The standard InChI is InChI=1S/C25H29N3OS/c26-17-20-9-3-5-11-23(20)30-24-12-6-4-10-22(24)25(29)27-21-13-15-28(16-14-21)18-19-7-1-2-8-19/h3-6,9-12,19,21H,1-2,7-8,13-16,18H2,(H,27,29). The highest BCUT2D eigenvalue weighted by molar-refractivity contribution is 7.99. The normalized spacial score (nSPS) is 18.2. The molecule has 30 heavy (non-hydrogen) atoms. The third-order valence-electron chi connectivity index (χ3n) is 6.27. The molecular weight excluding hydrogens is 390 g/mol. The molecule has 1 aliphatic heterocycles. The molecule has 1 N–H and O–H groups in total. The van der Waals surface area contributed by atoms with Gasteiger partial charge in [0, 0.05) is 35.5 Å². The number of carbonyl (C=O) groups excluding carboxylic acids is 1. The Morgan fingerprint density at radius 2 is 1.67 bits per heavy atom. The zero-order chi connectivity index (χ0) is 20.8. The molecule has 4 nitrogen and oxygen atoms in total. The van der Waals surface area contributed by atoms with Crippen molar-refractivity contribution in [3.63, 3.8) is 0 Å². The Balaban J connectivity index is 1.36. The number of nitrogens with one attached hydrogen (secondary N) is 1. The van der Waals surface area contributed by atoms with E-state index in [-0.39, 0.29) is 11.9 Å². The van der Waals surface area contributed by atoms with E-state index in [2.05, 4.69) is 16.3 Å². The molecule has 1 heterocycles. The van der Waals surface area contributed by atoms with E-state index in [1.807, 2.05) is 48.5 Å². The lowest BCUT2D eigenvalue weighted by molar-refractivity contribution is 0.0903. The fraction of sp³-hybridized carbons (Fsp3) is 0.440. The molecule has 0 unspecified atom stereocenters. The van der Waals surface area contributed by atoms with Gasteiger partial charge in [-0.2, -0.15) is 5.26 Å². The average molecular weight is 420 g/mol. The molecule has 2 aromatic carbocycles. The number of benzene rings is 2. The summed E-state index contributed by atoms with van der Waals surface area (Å²) in [7, 11) is 0. The van der Waals surface area contributed by atoms with E-state index in [0.29, 0.717) is 11.1 Å². The fourth-order valence-electron chi connectivity index (χ4n) is 4.59. The summed E-state index contributed by atoms with van der Waals surface area (Å²) in [6.07, 6.45) is 7.61. The van der Waals surface area contributed by atoms with Gasteiger partial charge in [0.25, 0.3) is 5.91 Å². The van der Waals surface area contributed by atoms with Gasteiger partial charge in [0.1, 0.15) is 6.07 Å². The lowest BCUT2D eigenvalue weighted by Crippen LogP contribution is -2.45. The van der Waals surface area contributed by atoms with Crippen LogP contribution in [-0.4, -0.2) is 36.5 Å². The first-order valence-corrected chi connectivity index (χ1v) is 11.8. The van der Waals surface area contributed by atoms with Crippen LogP contribution in [0, 0.1) is 17.2 Å². The smallest absolute Gasteiger partial charge is 0.252 e. The lowest BCUT2D eigenvalue weighted by Gasteiger charge is -2.34. The van der Waals surface area contributed by atoms with Crippen LogP contribution < -0.4 is 5.32 Å². The minimum Gasteiger partial charge on any atom is -0.349 e. The van der Waals surface area contributed by atoms with Crippen molar-refractivity contribution in [3.8, 4) is 6.07 Å². The molecule has 0 spiro atoms. The molecular formula is C25H29N3OS. The molecule has 0 atom stereocenters. The Morgan fingerprint density at radius 3 is 2.40 bits per heavy atom. The first-order chi connectivity index (χ1) is 14.7. The summed E-state index contributed by atoms with van der Waals surface area (Å²) in [5.74, 6) is 0.873. The van der Waals surface area contributed by atoms with Crippen molar-refractivity contribution in [2.24, 2.45) is 5.92 Å². The summed E-state index contributed by atoms with van der Waals surface area (Å²) in [6.45, 7) is 3.39. The Kier molecular flexibility index (Phi) is 7.09. The maximum absolute atomic E-state index is 13.0. The zero-order valence-electron chi connectivity index (χ0n) is 17.3. The van der Waals surface area contributed by atoms with Gasteiger partial charge in [-0.1, -0.05) is 48.9 Å². The van der Waals surface area contributed by atoms with Crippen LogP contribution in [-0.2, 0) is 0 Å². The van der Waals surface area contributed by atoms with Crippen LogP contribution in [0.3, 0.4) is 0 Å². The SMILES string of the molecule is N#Cc1ccccc1Sc1ccccc1C(=O)NC1CCN(CC2CCCC2)CC1. The Hall–Kier alpha value is -2.29. The fourth-order valence-corrected chi connectivity index (χ4v) is 5.62. The first-order valence-electron chi connectivity index (χ1n) is 11.0. The zero-order valence-corrected chi connectivity index (χ0v) is 18.2.